The van der Waals surface area contributed by atoms with Crippen molar-refractivity contribution < 1.29 is 0 Å². The first kappa shape index (κ1) is 14.9. The molecule has 1 saturated carbocycles. The van der Waals surface area contributed by atoms with Crippen molar-refractivity contribution >= 4 is 22.6 Å². The molecule has 1 atom stereocenters. The molecule has 3 rings (SSSR count). The lowest BCUT2D eigenvalue weighted by atomic mass is 9.75. The summed E-state index contributed by atoms with van der Waals surface area (Å²) in [6.07, 6.45) is 3.82. The van der Waals surface area contributed by atoms with Crippen molar-refractivity contribution in [2.24, 2.45) is 0 Å². The summed E-state index contributed by atoms with van der Waals surface area (Å²) < 4.78 is 2.34. The van der Waals surface area contributed by atoms with Crippen LogP contribution in [0.4, 0.5) is 0 Å². The molecule has 2 aromatic rings. The Morgan fingerprint density at radius 3 is 2.62 bits per heavy atom. The summed E-state index contributed by atoms with van der Waals surface area (Å²) in [5.74, 6) is 0.991. The monoisotopic (exact) mass is 305 g/mol. The predicted molar refractivity (Wildman–Crippen MR) is 89.0 cm³/mol. The van der Waals surface area contributed by atoms with Crippen LogP contribution in [0.1, 0.15) is 43.0 Å². The molecule has 1 fully saturated rings. The summed E-state index contributed by atoms with van der Waals surface area (Å²) >= 11 is 6.39. The lowest BCUT2D eigenvalue weighted by Gasteiger charge is -2.48. The Morgan fingerprint density at radius 1 is 1.38 bits per heavy atom. The van der Waals surface area contributed by atoms with Crippen molar-refractivity contribution in [1.29, 1.82) is 0 Å². The summed E-state index contributed by atoms with van der Waals surface area (Å²) in [7, 11) is 4.37. The molecule has 1 aliphatic carbocycles. The second-order valence-electron chi connectivity index (χ2n) is 6.64. The number of fused-ring (bicyclic) bond motifs is 1. The van der Waals surface area contributed by atoms with Crippen molar-refractivity contribution in [3.63, 3.8) is 0 Å². The molecule has 0 amide bonds. The average molecular weight is 306 g/mol. The highest BCUT2D eigenvalue weighted by Gasteiger charge is 2.40. The van der Waals surface area contributed by atoms with Gasteiger partial charge in [-0.1, -0.05) is 6.07 Å². The van der Waals surface area contributed by atoms with Gasteiger partial charge in [-0.2, -0.15) is 0 Å². The maximum absolute atomic E-state index is 6.39. The molecule has 0 bridgehead atoms. The zero-order valence-corrected chi connectivity index (χ0v) is 14.1. The van der Waals surface area contributed by atoms with E-state index in [0.29, 0.717) is 0 Å². The normalized spacial score (nSPS) is 19.0. The van der Waals surface area contributed by atoms with E-state index in [9.17, 15) is 0 Å². The molecule has 1 aliphatic rings. The van der Waals surface area contributed by atoms with Crippen LogP contribution < -0.4 is 0 Å². The van der Waals surface area contributed by atoms with Gasteiger partial charge in [0.15, 0.2) is 0 Å². The fourth-order valence-corrected chi connectivity index (χ4v) is 3.52. The van der Waals surface area contributed by atoms with E-state index in [0.717, 1.165) is 17.9 Å². The molecule has 1 unspecified atom stereocenters. The van der Waals surface area contributed by atoms with Gasteiger partial charge in [-0.3, -0.25) is 0 Å². The molecular formula is C17H24ClN3. The van der Waals surface area contributed by atoms with Crippen LogP contribution in [0.3, 0.4) is 0 Å². The quantitative estimate of drug-likeness (QED) is 0.792. The molecule has 1 aromatic heterocycles. The molecule has 114 valence electrons. The average Bonchev–Trinajstić information content (AvgIpc) is 2.71. The zero-order valence-electron chi connectivity index (χ0n) is 13.4. The van der Waals surface area contributed by atoms with Gasteiger partial charge in [0.05, 0.1) is 16.4 Å². The molecular weight excluding hydrogens is 282 g/mol. The summed E-state index contributed by atoms with van der Waals surface area (Å²) in [6.45, 7) is 5.09. The van der Waals surface area contributed by atoms with Crippen LogP contribution in [-0.4, -0.2) is 34.1 Å². The number of aryl methyl sites for hydroxylation is 1. The second kappa shape index (κ2) is 5.29. The van der Waals surface area contributed by atoms with Gasteiger partial charge in [-0.15, -0.1) is 11.6 Å². The summed E-state index contributed by atoms with van der Waals surface area (Å²) in [6, 6.07) is 6.49. The van der Waals surface area contributed by atoms with Crippen LogP contribution in [0.15, 0.2) is 18.2 Å². The third kappa shape index (κ3) is 2.47. The smallest absolute Gasteiger partial charge is 0.127 e. The first-order valence-electron chi connectivity index (χ1n) is 7.71. The van der Waals surface area contributed by atoms with Crippen molar-refractivity contribution in [3.8, 4) is 0 Å². The predicted octanol–water partition coefficient (Wildman–Crippen LogP) is 4.13. The van der Waals surface area contributed by atoms with E-state index in [2.05, 4.69) is 48.7 Å². The summed E-state index contributed by atoms with van der Waals surface area (Å²) in [4.78, 5) is 7.16. The minimum absolute atomic E-state index is 0.0722. The maximum atomic E-state index is 6.39. The maximum Gasteiger partial charge on any atom is 0.127 e. The summed E-state index contributed by atoms with van der Waals surface area (Å²) in [5.41, 5.74) is 3.77. The Hall–Kier alpha value is -1.06. The van der Waals surface area contributed by atoms with E-state index in [1.165, 1.54) is 30.3 Å². The van der Waals surface area contributed by atoms with Crippen molar-refractivity contribution in [2.45, 2.75) is 50.6 Å². The van der Waals surface area contributed by atoms with Crippen LogP contribution in [0.5, 0.6) is 0 Å². The third-order valence-electron chi connectivity index (χ3n) is 4.97. The zero-order chi connectivity index (χ0) is 15.2. The first-order chi connectivity index (χ1) is 9.93. The fourth-order valence-electron chi connectivity index (χ4n) is 3.35. The Kier molecular flexibility index (Phi) is 3.74. The summed E-state index contributed by atoms with van der Waals surface area (Å²) in [5, 5.41) is -0.0722. The lowest BCUT2D eigenvalue weighted by molar-refractivity contribution is 0.0427. The number of benzene rings is 1. The number of imidazole rings is 1. The van der Waals surface area contributed by atoms with Crippen molar-refractivity contribution in [3.05, 3.63) is 29.6 Å². The van der Waals surface area contributed by atoms with Crippen LogP contribution >= 0.6 is 11.6 Å². The van der Waals surface area contributed by atoms with Crippen molar-refractivity contribution in [2.75, 3.05) is 14.1 Å². The van der Waals surface area contributed by atoms with Crippen LogP contribution in [0.2, 0.25) is 0 Å². The Labute approximate surface area is 131 Å². The van der Waals surface area contributed by atoms with E-state index in [1.54, 1.807) is 0 Å². The topological polar surface area (TPSA) is 21.1 Å². The van der Waals surface area contributed by atoms with Gasteiger partial charge in [0, 0.05) is 12.1 Å². The second-order valence-corrected chi connectivity index (χ2v) is 7.29. The molecule has 3 nitrogen and oxygen atoms in total. The van der Waals surface area contributed by atoms with E-state index < -0.39 is 0 Å². The Bertz CT molecular complexity index is 653. The minimum atomic E-state index is -0.0722. The van der Waals surface area contributed by atoms with Crippen LogP contribution in [0.25, 0.3) is 11.0 Å². The number of aromatic nitrogens is 2. The molecule has 1 heterocycles. The number of nitrogens with zero attached hydrogens (tertiary/aromatic N) is 3. The van der Waals surface area contributed by atoms with E-state index in [1.807, 2.05) is 6.92 Å². The highest BCUT2D eigenvalue weighted by atomic mass is 35.5. The highest BCUT2D eigenvalue weighted by molar-refractivity contribution is 6.20. The van der Waals surface area contributed by atoms with Crippen molar-refractivity contribution in [1.82, 2.24) is 14.5 Å². The number of rotatable bonds is 4. The van der Waals surface area contributed by atoms with Gasteiger partial charge in [-0.25, -0.2) is 4.98 Å². The third-order valence-corrected chi connectivity index (χ3v) is 5.17. The fraction of sp³-hybridized carbons (Fsp3) is 0.588. The molecule has 0 N–H and O–H groups in total. The number of halogens is 1. The SMILES string of the molecule is Cc1ccc2c(c1)nc(C(C)Cl)n2CC1(N(C)C)CCC1. The van der Waals surface area contributed by atoms with Gasteiger partial charge < -0.3 is 9.47 Å². The molecule has 0 radical (unpaired) electrons. The van der Waals surface area contributed by atoms with E-state index >= 15 is 0 Å². The number of hydrogen-bond acceptors (Lipinski definition) is 2. The van der Waals surface area contributed by atoms with Crippen LogP contribution in [0, 0.1) is 6.92 Å². The largest absolute Gasteiger partial charge is 0.325 e. The van der Waals surface area contributed by atoms with Gasteiger partial charge in [0.25, 0.3) is 0 Å². The molecule has 0 spiro atoms. The molecule has 0 aliphatic heterocycles. The molecule has 1 aromatic carbocycles. The van der Waals surface area contributed by atoms with Gasteiger partial charge in [0.2, 0.25) is 0 Å². The number of alkyl halides is 1. The van der Waals surface area contributed by atoms with Gasteiger partial charge in [-0.05, 0) is 64.9 Å². The van der Waals surface area contributed by atoms with E-state index in [4.69, 9.17) is 16.6 Å². The molecule has 4 heteroatoms. The number of hydrogen-bond donors (Lipinski definition) is 0. The Balaban J connectivity index is 2.09. The molecule has 21 heavy (non-hydrogen) atoms. The highest BCUT2D eigenvalue weighted by Crippen LogP contribution is 2.39. The van der Waals surface area contributed by atoms with Crippen LogP contribution in [-0.2, 0) is 6.54 Å². The standard InChI is InChI=1S/C17H24ClN3/c1-12-6-7-15-14(10-12)19-16(13(2)18)21(15)11-17(20(3)4)8-5-9-17/h6-7,10,13H,5,8-9,11H2,1-4H3. The Morgan fingerprint density at radius 2 is 2.10 bits per heavy atom. The van der Waals surface area contributed by atoms with Gasteiger partial charge in [0.1, 0.15) is 5.82 Å². The number of likely N-dealkylation sites (N-methyl/N-ethyl adjacent to an activating group) is 1. The molecule has 0 saturated heterocycles. The van der Waals surface area contributed by atoms with E-state index in [-0.39, 0.29) is 10.9 Å². The lowest BCUT2D eigenvalue weighted by Crippen LogP contribution is -2.53. The van der Waals surface area contributed by atoms with Gasteiger partial charge >= 0.3 is 0 Å². The minimum Gasteiger partial charge on any atom is -0.325 e. The first-order valence-corrected chi connectivity index (χ1v) is 8.15.